The van der Waals surface area contributed by atoms with Crippen LogP contribution < -0.4 is 5.73 Å². The summed E-state index contributed by atoms with van der Waals surface area (Å²) >= 11 is 5.60. The Morgan fingerprint density at radius 2 is 1.80 bits per heavy atom. The Hall–Kier alpha value is -1.33. The van der Waals surface area contributed by atoms with E-state index < -0.39 is 15.7 Å². The van der Waals surface area contributed by atoms with Crippen molar-refractivity contribution in [1.29, 1.82) is 0 Å². The zero-order valence-electron chi connectivity index (χ0n) is 7.55. The van der Waals surface area contributed by atoms with Crippen LogP contribution in [-0.2, 0) is 14.6 Å². The van der Waals surface area contributed by atoms with E-state index in [1.54, 1.807) is 0 Å². The van der Waals surface area contributed by atoms with Crippen LogP contribution in [0.1, 0.15) is 0 Å². The van der Waals surface area contributed by atoms with Crippen LogP contribution in [0.3, 0.4) is 0 Å². The lowest BCUT2D eigenvalue weighted by Gasteiger charge is -1.97. The van der Waals surface area contributed by atoms with E-state index in [1.807, 2.05) is 0 Å². The van der Waals surface area contributed by atoms with Gasteiger partial charge in [0, 0.05) is 16.5 Å². The number of hydrogen-bond donors (Lipinski definition) is 1. The smallest absolute Gasteiger partial charge is 0.242 e. The summed E-state index contributed by atoms with van der Waals surface area (Å²) < 4.78 is 23.0. The van der Waals surface area contributed by atoms with Gasteiger partial charge >= 0.3 is 0 Å². The summed E-state index contributed by atoms with van der Waals surface area (Å²) in [5.74, 6) is -0.812. The fourth-order valence-electron chi connectivity index (χ4n) is 0.859. The molecule has 0 aliphatic rings. The molecule has 0 heterocycles. The first-order valence-electron chi connectivity index (χ1n) is 3.90. The molecular formula is C9H8ClNO3S. The number of halogens is 1. The number of nitrogens with two attached hydrogens (primary N) is 1. The average Bonchev–Trinajstić information content (AvgIpc) is 2.16. The van der Waals surface area contributed by atoms with Gasteiger partial charge in [0.05, 0.1) is 4.90 Å². The van der Waals surface area contributed by atoms with Crippen LogP contribution >= 0.6 is 11.6 Å². The van der Waals surface area contributed by atoms with E-state index in [4.69, 9.17) is 17.3 Å². The Morgan fingerprint density at radius 1 is 1.27 bits per heavy atom. The summed E-state index contributed by atoms with van der Waals surface area (Å²) in [5.41, 5.74) is 4.79. The molecule has 1 rings (SSSR count). The minimum absolute atomic E-state index is 0.0596. The van der Waals surface area contributed by atoms with Crippen LogP contribution in [-0.4, -0.2) is 14.3 Å². The summed E-state index contributed by atoms with van der Waals surface area (Å²) in [7, 11) is -3.61. The fraction of sp³-hybridized carbons (Fsp3) is 0. The number of sulfone groups is 1. The summed E-state index contributed by atoms with van der Waals surface area (Å²) in [6.07, 6.45) is 0.796. The number of hydrogen-bond acceptors (Lipinski definition) is 3. The predicted octanol–water partition coefficient (Wildman–Crippen LogP) is 1.11. The van der Waals surface area contributed by atoms with E-state index in [0.717, 1.165) is 11.5 Å². The van der Waals surface area contributed by atoms with Gasteiger partial charge < -0.3 is 5.73 Å². The first kappa shape index (κ1) is 11.7. The maximum atomic E-state index is 11.5. The standard InChI is InChI=1S/C9H8ClNO3S/c10-7-1-3-8(4-2-7)15(13,14)6-5-9(11)12/h1-6H,(H2,11,12). The van der Waals surface area contributed by atoms with Gasteiger partial charge in [0.25, 0.3) is 0 Å². The zero-order valence-corrected chi connectivity index (χ0v) is 9.12. The lowest BCUT2D eigenvalue weighted by Crippen LogP contribution is -2.07. The third-order valence-electron chi connectivity index (χ3n) is 1.55. The van der Waals surface area contributed by atoms with Gasteiger partial charge in [-0.2, -0.15) is 0 Å². The molecule has 1 aromatic carbocycles. The summed E-state index contributed by atoms with van der Waals surface area (Å²) in [4.78, 5) is 10.4. The van der Waals surface area contributed by atoms with Crippen molar-refractivity contribution in [3.05, 3.63) is 40.8 Å². The monoisotopic (exact) mass is 245 g/mol. The molecule has 4 nitrogen and oxygen atoms in total. The average molecular weight is 246 g/mol. The van der Waals surface area contributed by atoms with E-state index in [9.17, 15) is 13.2 Å². The number of carbonyl (C=O) groups is 1. The molecule has 0 saturated carbocycles. The van der Waals surface area contributed by atoms with Crippen LogP contribution in [0.5, 0.6) is 0 Å². The summed E-state index contributed by atoms with van der Waals surface area (Å²) in [6, 6.07) is 5.60. The van der Waals surface area contributed by atoms with Crippen LogP contribution in [0.2, 0.25) is 5.02 Å². The largest absolute Gasteiger partial charge is 0.366 e. The molecule has 0 unspecified atom stereocenters. The van der Waals surface area contributed by atoms with Gasteiger partial charge in [0.1, 0.15) is 0 Å². The molecule has 0 atom stereocenters. The van der Waals surface area contributed by atoms with Crippen LogP contribution in [0.15, 0.2) is 40.6 Å². The second kappa shape index (κ2) is 4.46. The first-order valence-corrected chi connectivity index (χ1v) is 5.82. The van der Waals surface area contributed by atoms with Crippen LogP contribution in [0.25, 0.3) is 0 Å². The van der Waals surface area contributed by atoms with Gasteiger partial charge in [-0.05, 0) is 24.3 Å². The van der Waals surface area contributed by atoms with Gasteiger partial charge in [0.15, 0.2) is 9.84 Å². The van der Waals surface area contributed by atoms with Crippen molar-refractivity contribution in [2.75, 3.05) is 0 Å². The number of carbonyl (C=O) groups excluding carboxylic acids is 1. The molecule has 0 aliphatic carbocycles. The molecule has 80 valence electrons. The predicted molar refractivity (Wildman–Crippen MR) is 57.0 cm³/mol. The van der Waals surface area contributed by atoms with Gasteiger partial charge in [-0.15, -0.1) is 0 Å². The summed E-state index contributed by atoms with van der Waals surface area (Å²) in [6.45, 7) is 0. The number of primary amides is 1. The topological polar surface area (TPSA) is 77.2 Å². The van der Waals surface area contributed by atoms with Crippen molar-refractivity contribution in [1.82, 2.24) is 0 Å². The highest BCUT2D eigenvalue weighted by Gasteiger charge is 2.09. The van der Waals surface area contributed by atoms with E-state index in [2.05, 4.69) is 0 Å². The van der Waals surface area contributed by atoms with Crippen LogP contribution in [0.4, 0.5) is 0 Å². The Morgan fingerprint density at radius 3 is 2.27 bits per heavy atom. The maximum Gasteiger partial charge on any atom is 0.242 e. The molecular weight excluding hydrogens is 238 g/mol. The SMILES string of the molecule is NC(=O)C=CS(=O)(=O)c1ccc(Cl)cc1. The lowest BCUT2D eigenvalue weighted by molar-refractivity contribution is -0.113. The molecule has 0 radical (unpaired) electrons. The second-order valence-corrected chi connectivity index (χ2v) is 4.97. The quantitative estimate of drug-likeness (QED) is 0.811. The number of amides is 1. The molecule has 0 spiro atoms. The normalized spacial score (nSPS) is 11.8. The zero-order chi connectivity index (χ0) is 11.5. The molecule has 0 aromatic heterocycles. The van der Waals surface area contributed by atoms with Gasteiger partial charge in [-0.3, -0.25) is 4.79 Å². The third kappa shape index (κ3) is 3.38. The van der Waals surface area contributed by atoms with Crippen molar-refractivity contribution in [2.45, 2.75) is 4.90 Å². The highest BCUT2D eigenvalue weighted by molar-refractivity contribution is 7.94. The second-order valence-electron chi connectivity index (χ2n) is 2.70. The molecule has 0 fully saturated rings. The molecule has 0 bridgehead atoms. The van der Waals surface area contributed by atoms with E-state index in [1.165, 1.54) is 24.3 Å². The van der Waals surface area contributed by atoms with Gasteiger partial charge in [-0.25, -0.2) is 8.42 Å². The van der Waals surface area contributed by atoms with E-state index >= 15 is 0 Å². The number of rotatable bonds is 3. The first-order chi connectivity index (χ1) is 6.92. The van der Waals surface area contributed by atoms with Crippen molar-refractivity contribution < 1.29 is 13.2 Å². The molecule has 1 aromatic rings. The number of benzene rings is 1. The Balaban J connectivity index is 3.07. The van der Waals surface area contributed by atoms with Gasteiger partial charge in [0.2, 0.25) is 5.91 Å². The van der Waals surface area contributed by atoms with Crippen molar-refractivity contribution in [3.8, 4) is 0 Å². The van der Waals surface area contributed by atoms with Crippen molar-refractivity contribution >= 4 is 27.3 Å². The van der Waals surface area contributed by atoms with E-state index in [-0.39, 0.29) is 4.90 Å². The minimum atomic E-state index is -3.61. The molecule has 0 aliphatic heterocycles. The van der Waals surface area contributed by atoms with E-state index in [0.29, 0.717) is 5.02 Å². The minimum Gasteiger partial charge on any atom is -0.366 e. The Labute approximate surface area is 92.3 Å². The highest BCUT2D eigenvalue weighted by atomic mass is 35.5. The van der Waals surface area contributed by atoms with Gasteiger partial charge in [-0.1, -0.05) is 11.6 Å². The molecule has 1 amide bonds. The maximum absolute atomic E-state index is 11.5. The Bertz CT molecular complexity index is 491. The highest BCUT2D eigenvalue weighted by Crippen LogP contribution is 2.15. The van der Waals surface area contributed by atoms with Crippen LogP contribution in [0, 0.1) is 0 Å². The fourth-order valence-corrected chi connectivity index (χ4v) is 1.97. The van der Waals surface area contributed by atoms with Crippen molar-refractivity contribution in [2.24, 2.45) is 5.73 Å². The lowest BCUT2D eigenvalue weighted by atomic mass is 10.4. The molecule has 6 heteroatoms. The molecule has 0 saturated heterocycles. The van der Waals surface area contributed by atoms with Crippen molar-refractivity contribution in [3.63, 3.8) is 0 Å². The summed E-state index contributed by atoms with van der Waals surface area (Å²) in [5, 5.41) is 1.20. The molecule has 15 heavy (non-hydrogen) atoms. The third-order valence-corrected chi connectivity index (χ3v) is 3.23. The molecule has 2 N–H and O–H groups in total. The Kier molecular flexibility index (Phi) is 3.49.